The van der Waals surface area contributed by atoms with Crippen molar-refractivity contribution in [3.8, 4) is 0 Å². The van der Waals surface area contributed by atoms with Crippen LogP contribution < -0.4 is 5.32 Å². The Morgan fingerprint density at radius 2 is 1.75 bits per heavy atom. The summed E-state index contributed by atoms with van der Waals surface area (Å²) in [7, 11) is -0.636. The first-order valence-electron chi connectivity index (χ1n) is 8.52. The third-order valence-electron chi connectivity index (χ3n) is 4.48. The summed E-state index contributed by atoms with van der Waals surface area (Å²) in [5, 5.41) is 12.5. The van der Waals surface area contributed by atoms with E-state index >= 15 is 0 Å². The van der Waals surface area contributed by atoms with Crippen LogP contribution in [-0.4, -0.2) is 51.2 Å². The zero-order chi connectivity index (χ0) is 19.1. The summed E-state index contributed by atoms with van der Waals surface area (Å²) in [6.45, 7) is 14.9. The predicted molar refractivity (Wildman–Crippen MR) is 97.2 cm³/mol. The van der Waals surface area contributed by atoms with E-state index < -0.39 is 32.3 Å². The standard InChI is InChI=1S/C17H35NO5Si/c1-12(2)11-14(19)15(20)18-13(16(21)22-6)9-10-23-24(7,8)17(3,4)5/h12-14,19H,9-11H2,1-8H3,(H,18,20)/t13-,14-/m0/s1. The predicted octanol–water partition coefficient (Wildman–Crippen LogP) is 2.46. The van der Waals surface area contributed by atoms with E-state index in [1.54, 1.807) is 0 Å². The van der Waals surface area contributed by atoms with E-state index in [0.717, 1.165) is 0 Å². The molecule has 0 saturated carbocycles. The smallest absolute Gasteiger partial charge is 0.328 e. The molecule has 0 aliphatic carbocycles. The van der Waals surface area contributed by atoms with Gasteiger partial charge in [0.1, 0.15) is 12.1 Å². The quantitative estimate of drug-likeness (QED) is 0.487. The number of hydrogen-bond acceptors (Lipinski definition) is 5. The van der Waals surface area contributed by atoms with Crippen molar-refractivity contribution in [1.82, 2.24) is 5.32 Å². The van der Waals surface area contributed by atoms with E-state index in [1.165, 1.54) is 7.11 Å². The van der Waals surface area contributed by atoms with Crippen molar-refractivity contribution in [3.63, 3.8) is 0 Å². The molecule has 2 N–H and O–H groups in total. The number of aliphatic hydroxyl groups excluding tert-OH is 1. The van der Waals surface area contributed by atoms with E-state index in [9.17, 15) is 14.7 Å². The lowest BCUT2D eigenvalue weighted by molar-refractivity contribution is -0.146. The van der Waals surface area contributed by atoms with E-state index in [-0.39, 0.29) is 11.0 Å². The second-order valence-electron chi connectivity index (χ2n) is 8.13. The van der Waals surface area contributed by atoms with Crippen LogP contribution in [0.4, 0.5) is 0 Å². The summed E-state index contributed by atoms with van der Waals surface area (Å²) in [6, 6.07) is -0.811. The fraction of sp³-hybridized carbons (Fsp3) is 0.882. The third-order valence-corrected chi connectivity index (χ3v) is 9.01. The molecule has 0 aromatic heterocycles. The molecule has 142 valence electrons. The highest BCUT2D eigenvalue weighted by atomic mass is 28.4. The fourth-order valence-corrected chi connectivity index (χ4v) is 2.92. The molecule has 0 aliphatic rings. The molecule has 24 heavy (non-hydrogen) atoms. The molecule has 6 nitrogen and oxygen atoms in total. The lowest BCUT2D eigenvalue weighted by Crippen LogP contribution is -2.48. The number of amides is 1. The van der Waals surface area contributed by atoms with Crippen LogP contribution in [0.15, 0.2) is 0 Å². The number of nitrogens with one attached hydrogen (secondary N) is 1. The van der Waals surface area contributed by atoms with Crippen molar-refractivity contribution in [2.45, 2.75) is 77.7 Å². The Morgan fingerprint density at radius 3 is 2.17 bits per heavy atom. The number of aliphatic hydroxyl groups is 1. The summed E-state index contributed by atoms with van der Waals surface area (Å²) in [5.74, 6) is -0.894. The Hall–Kier alpha value is -0.923. The Kier molecular flexibility index (Phi) is 9.16. The Balaban J connectivity index is 4.70. The number of carbonyl (C=O) groups is 2. The average Bonchev–Trinajstić information content (AvgIpc) is 2.43. The molecule has 7 heteroatoms. The van der Waals surface area contributed by atoms with Gasteiger partial charge in [0.2, 0.25) is 5.91 Å². The highest BCUT2D eigenvalue weighted by molar-refractivity contribution is 6.74. The van der Waals surface area contributed by atoms with Crippen molar-refractivity contribution in [3.05, 3.63) is 0 Å². The van der Waals surface area contributed by atoms with Gasteiger partial charge >= 0.3 is 5.97 Å². The Bertz CT molecular complexity index is 418. The third kappa shape index (κ3) is 7.77. The molecule has 0 saturated heterocycles. The first kappa shape index (κ1) is 23.1. The molecule has 0 aromatic rings. The minimum Gasteiger partial charge on any atom is -0.467 e. The zero-order valence-electron chi connectivity index (χ0n) is 16.4. The van der Waals surface area contributed by atoms with Crippen LogP contribution >= 0.6 is 0 Å². The maximum absolute atomic E-state index is 12.0. The van der Waals surface area contributed by atoms with Gasteiger partial charge < -0.3 is 19.6 Å². The Morgan fingerprint density at radius 1 is 1.21 bits per heavy atom. The lowest BCUT2D eigenvalue weighted by atomic mass is 10.1. The van der Waals surface area contributed by atoms with Gasteiger partial charge in [-0.05, 0) is 30.5 Å². The molecule has 0 fully saturated rings. The van der Waals surface area contributed by atoms with Crippen molar-refractivity contribution in [1.29, 1.82) is 0 Å². The normalized spacial score (nSPS) is 15.1. The molecule has 0 spiro atoms. The highest BCUT2D eigenvalue weighted by Crippen LogP contribution is 2.36. The second-order valence-corrected chi connectivity index (χ2v) is 12.9. The van der Waals surface area contributed by atoms with E-state index in [0.29, 0.717) is 19.4 Å². The van der Waals surface area contributed by atoms with Crippen molar-refractivity contribution in [2.24, 2.45) is 5.92 Å². The molecule has 1 amide bonds. The molecule has 2 atom stereocenters. The zero-order valence-corrected chi connectivity index (χ0v) is 17.4. The molecule has 0 radical (unpaired) electrons. The molecule has 0 unspecified atom stereocenters. The summed E-state index contributed by atoms with van der Waals surface area (Å²) >= 11 is 0. The van der Waals surface area contributed by atoms with Gasteiger partial charge in [-0.15, -0.1) is 0 Å². The molecule has 0 heterocycles. The fourth-order valence-electron chi connectivity index (χ4n) is 1.86. The van der Waals surface area contributed by atoms with Gasteiger partial charge in [-0.25, -0.2) is 4.79 Å². The van der Waals surface area contributed by atoms with Gasteiger partial charge in [0.05, 0.1) is 7.11 Å². The van der Waals surface area contributed by atoms with Crippen molar-refractivity contribution in [2.75, 3.05) is 13.7 Å². The van der Waals surface area contributed by atoms with Crippen LogP contribution in [0.3, 0.4) is 0 Å². The van der Waals surface area contributed by atoms with Gasteiger partial charge in [-0.1, -0.05) is 34.6 Å². The van der Waals surface area contributed by atoms with Gasteiger partial charge in [0, 0.05) is 13.0 Å². The number of rotatable bonds is 9. The molecule has 0 aromatic carbocycles. The Labute approximate surface area is 147 Å². The minimum absolute atomic E-state index is 0.0739. The molecule has 0 rings (SSSR count). The van der Waals surface area contributed by atoms with Crippen molar-refractivity contribution < 1.29 is 23.9 Å². The van der Waals surface area contributed by atoms with E-state index in [2.05, 4.69) is 39.2 Å². The van der Waals surface area contributed by atoms with E-state index in [1.807, 2.05) is 13.8 Å². The number of methoxy groups -OCH3 is 1. The van der Waals surface area contributed by atoms with Crippen molar-refractivity contribution >= 4 is 20.2 Å². The van der Waals surface area contributed by atoms with Crippen LogP contribution in [-0.2, 0) is 18.8 Å². The number of esters is 1. The van der Waals surface area contributed by atoms with Gasteiger partial charge in [-0.3, -0.25) is 4.79 Å². The molecule has 0 bridgehead atoms. The summed E-state index contributed by atoms with van der Waals surface area (Å²) in [4.78, 5) is 23.9. The summed E-state index contributed by atoms with van der Waals surface area (Å²) in [6.07, 6.45) is -0.460. The maximum atomic E-state index is 12.0. The van der Waals surface area contributed by atoms with Crippen LogP contribution in [0.2, 0.25) is 18.1 Å². The number of ether oxygens (including phenoxy) is 1. The van der Waals surface area contributed by atoms with Gasteiger partial charge in [0.25, 0.3) is 0 Å². The summed E-state index contributed by atoms with van der Waals surface area (Å²) in [5.41, 5.74) is 0. The minimum atomic E-state index is -1.91. The van der Waals surface area contributed by atoms with Crippen LogP contribution in [0, 0.1) is 5.92 Å². The monoisotopic (exact) mass is 361 g/mol. The molecular weight excluding hydrogens is 326 g/mol. The van der Waals surface area contributed by atoms with E-state index in [4.69, 9.17) is 9.16 Å². The highest BCUT2D eigenvalue weighted by Gasteiger charge is 2.37. The number of carbonyl (C=O) groups excluding carboxylic acids is 2. The van der Waals surface area contributed by atoms with Gasteiger partial charge in [-0.2, -0.15) is 0 Å². The lowest BCUT2D eigenvalue weighted by Gasteiger charge is -2.36. The maximum Gasteiger partial charge on any atom is 0.328 e. The van der Waals surface area contributed by atoms with Crippen LogP contribution in [0.25, 0.3) is 0 Å². The summed E-state index contributed by atoms with van der Waals surface area (Å²) < 4.78 is 10.8. The molecular formula is C17H35NO5Si. The van der Waals surface area contributed by atoms with Crippen LogP contribution in [0.5, 0.6) is 0 Å². The van der Waals surface area contributed by atoms with Gasteiger partial charge in [0.15, 0.2) is 8.32 Å². The van der Waals surface area contributed by atoms with Crippen LogP contribution in [0.1, 0.15) is 47.5 Å². The molecule has 0 aliphatic heterocycles. The first-order chi connectivity index (χ1) is 10.8. The SMILES string of the molecule is COC(=O)[C@H](CCO[Si](C)(C)C(C)(C)C)NC(=O)[C@@H](O)CC(C)C. The number of hydrogen-bond donors (Lipinski definition) is 2. The second kappa shape index (κ2) is 9.53. The first-order valence-corrected chi connectivity index (χ1v) is 11.4. The topological polar surface area (TPSA) is 84.9 Å². The largest absolute Gasteiger partial charge is 0.467 e. The average molecular weight is 362 g/mol.